The summed E-state index contributed by atoms with van der Waals surface area (Å²) in [7, 11) is 0. The molecule has 1 saturated carbocycles. The fourth-order valence-electron chi connectivity index (χ4n) is 7.51. The van der Waals surface area contributed by atoms with Crippen LogP contribution < -0.4 is 4.90 Å². The summed E-state index contributed by atoms with van der Waals surface area (Å²) >= 11 is 0. The van der Waals surface area contributed by atoms with Gasteiger partial charge >= 0.3 is 0 Å². The van der Waals surface area contributed by atoms with E-state index >= 15 is 0 Å². The Bertz CT molecular complexity index is 1520. The van der Waals surface area contributed by atoms with Gasteiger partial charge in [0, 0.05) is 48.2 Å². The van der Waals surface area contributed by atoms with Gasteiger partial charge in [0.1, 0.15) is 17.5 Å². The highest BCUT2D eigenvalue weighted by molar-refractivity contribution is 6.00. The molecule has 7 nitrogen and oxygen atoms in total. The van der Waals surface area contributed by atoms with E-state index < -0.39 is 0 Å². The number of nitrogens with one attached hydrogen (secondary N) is 1. The Labute approximate surface area is 210 Å². The second kappa shape index (κ2) is 6.97. The number of pyridine rings is 1. The molecule has 0 radical (unpaired) electrons. The lowest BCUT2D eigenvalue weighted by atomic mass is 9.79. The number of anilines is 1. The predicted molar refractivity (Wildman–Crippen MR) is 139 cm³/mol. The van der Waals surface area contributed by atoms with Gasteiger partial charge in [0.05, 0.1) is 11.7 Å². The molecule has 3 fully saturated rings. The topological polar surface area (TPSA) is 88.9 Å². The number of carbonyl (C=O) groups is 1. The average molecular weight is 479 g/mol. The third-order valence-corrected chi connectivity index (χ3v) is 9.54. The lowest BCUT2D eigenvalue weighted by Gasteiger charge is -2.47. The number of carbonyl (C=O) groups excluding carboxylic acids is 1. The second-order valence-corrected chi connectivity index (χ2v) is 11.9. The van der Waals surface area contributed by atoms with Crippen molar-refractivity contribution < 1.29 is 4.79 Å². The standard InChI is InChI=1S/C29H30N6O/c1-5-22(36)35-14-29(15-35)8-9-34(13-29)27-17(11-30)24(23-16(2)6-7-20-18(23)12-31-33-20)25-21(32-27)10-19-26(25)28(19,3)4/h5-7,12,19,26H,1,8-10,13-15H2,2-4H3,(H,31,33)/t19-,26-/m0/s1. The molecule has 4 aliphatic rings. The number of nitrogens with zero attached hydrogens (tertiary/aromatic N) is 5. The molecule has 2 saturated heterocycles. The van der Waals surface area contributed by atoms with Gasteiger partial charge in [-0.2, -0.15) is 10.4 Å². The van der Waals surface area contributed by atoms with Crippen molar-refractivity contribution in [2.75, 3.05) is 31.1 Å². The number of fused-ring (bicyclic) bond motifs is 4. The Hall–Kier alpha value is -3.66. The van der Waals surface area contributed by atoms with E-state index in [1.54, 1.807) is 0 Å². The maximum Gasteiger partial charge on any atom is 0.245 e. The summed E-state index contributed by atoms with van der Waals surface area (Å²) in [6.07, 6.45) is 5.26. The quantitative estimate of drug-likeness (QED) is 0.566. The molecule has 36 heavy (non-hydrogen) atoms. The number of hydrogen-bond acceptors (Lipinski definition) is 5. The molecule has 0 bridgehead atoms. The van der Waals surface area contributed by atoms with Crippen molar-refractivity contribution in [1.29, 1.82) is 5.26 Å². The van der Waals surface area contributed by atoms with Crippen LogP contribution in [0.15, 0.2) is 31.0 Å². The molecule has 3 aromatic rings. The Morgan fingerprint density at radius 3 is 2.83 bits per heavy atom. The van der Waals surface area contributed by atoms with Gasteiger partial charge in [-0.05, 0) is 65.8 Å². The molecule has 2 aliphatic carbocycles. The van der Waals surface area contributed by atoms with Crippen molar-refractivity contribution >= 4 is 22.6 Å². The lowest BCUT2D eigenvalue weighted by molar-refractivity contribution is -0.136. The Morgan fingerprint density at radius 1 is 1.28 bits per heavy atom. The number of aromatic nitrogens is 3. The summed E-state index contributed by atoms with van der Waals surface area (Å²) in [5, 5.41) is 19.1. The molecule has 1 aromatic carbocycles. The van der Waals surface area contributed by atoms with E-state index in [-0.39, 0.29) is 16.7 Å². The number of amides is 1. The van der Waals surface area contributed by atoms with E-state index in [0.717, 1.165) is 78.1 Å². The number of hydrogen-bond donors (Lipinski definition) is 1. The number of likely N-dealkylation sites (tertiary alicyclic amines) is 1. The first kappa shape index (κ1) is 21.6. The summed E-state index contributed by atoms with van der Waals surface area (Å²) in [5.41, 5.74) is 7.75. The highest BCUT2D eigenvalue weighted by atomic mass is 16.2. The highest BCUT2D eigenvalue weighted by Gasteiger charge is 2.64. The van der Waals surface area contributed by atoms with Gasteiger partial charge in [-0.25, -0.2) is 4.98 Å². The van der Waals surface area contributed by atoms with Crippen molar-refractivity contribution in [3.63, 3.8) is 0 Å². The predicted octanol–water partition coefficient (Wildman–Crippen LogP) is 4.33. The van der Waals surface area contributed by atoms with Crippen molar-refractivity contribution in [3.8, 4) is 17.2 Å². The van der Waals surface area contributed by atoms with Crippen LogP contribution in [0.4, 0.5) is 5.82 Å². The first-order valence-electron chi connectivity index (χ1n) is 12.8. The fraction of sp³-hybridized carbons (Fsp3) is 0.448. The van der Waals surface area contributed by atoms with Crippen LogP contribution in [-0.2, 0) is 11.2 Å². The molecule has 1 amide bonds. The molecule has 2 aliphatic heterocycles. The number of benzene rings is 1. The van der Waals surface area contributed by atoms with Crippen LogP contribution >= 0.6 is 0 Å². The number of H-pyrrole nitrogens is 1. The minimum absolute atomic E-state index is 0.000234. The number of aromatic amines is 1. The van der Waals surface area contributed by atoms with Crippen LogP contribution in [0.25, 0.3) is 22.0 Å². The van der Waals surface area contributed by atoms with Gasteiger partial charge in [-0.1, -0.05) is 26.5 Å². The zero-order chi connectivity index (χ0) is 25.0. The van der Waals surface area contributed by atoms with E-state index in [1.807, 2.05) is 11.1 Å². The third kappa shape index (κ3) is 2.70. The maximum atomic E-state index is 12.1. The first-order valence-corrected chi connectivity index (χ1v) is 12.8. The zero-order valence-corrected chi connectivity index (χ0v) is 21.1. The zero-order valence-electron chi connectivity index (χ0n) is 21.1. The van der Waals surface area contributed by atoms with Gasteiger partial charge in [-0.15, -0.1) is 0 Å². The van der Waals surface area contributed by atoms with Gasteiger partial charge in [0.25, 0.3) is 0 Å². The maximum absolute atomic E-state index is 12.1. The first-order chi connectivity index (χ1) is 17.3. The van der Waals surface area contributed by atoms with Crippen molar-refractivity contribution in [2.45, 2.75) is 39.5 Å². The fourth-order valence-corrected chi connectivity index (χ4v) is 7.51. The van der Waals surface area contributed by atoms with Crippen LogP contribution in [0.2, 0.25) is 0 Å². The minimum atomic E-state index is 0.000234. The Kier molecular flexibility index (Phi) is 4.18. The van der Waals surface area contributed by atoms with Crippen LogP contribution in [0.1, 0.15) is 48.6 Å². The molecule has 182 valence electrons. The van der Waals surface area contributed by atoms with Gasteiger partial charge in [0.2, 0.25) is 5.91 Å². The summed E-state index contributed by atoms with van der Waals surface area (Å²) in [5.74, 6) is 1.84. The van der Waals surface area contributed by atoms with Crippen molar-refractivity contribution in [1.82, 2.24) is 20.1 Å². The van der Waals surface area contributed by atoms with E-state index in [0.29, 0.717) is 17.4 Å². The second-order valence-electron chi connectivity index (χ2n) is 11.9. The molecule has 0 unspecified atom stereocenters. The SMILES string of the molecule is C=CC(=O)N1CC2(CCN(c3nc4c(c(-c5c(C)ccc6[nH]ncc56)c3C#N)[C@@H]3[C@H](C4)C3(C)C)C2)C1. The summed E-state index contributed by atoms with van der Waals surface area (Å²) in [6, 6.07) is 6.80. The number of rotatable bonds is 3. The molecule has 1 N–H and O–H groups in total. The smallest absolute Gasteiger partial charge is 0.245 e. The van der Waals surface area contributed by atoms with Crippen molar-refractivity contribution in [3.05, 3.63) is 53.4 Å². The normalized spacial score (nSPS) is 24.4. The van der Waals surface area contributed by atoms with Gasteiger partial charge in [-0.3, -0.25) is 9.89 Å². The highest BCUT2D eigenvalue weighted by Crippen LogP contribution is 2.71. The van der Waals surface area contributed by atoms with E-state index in [9.17, 15) is 10.1 Å². The van der Waals surface area contributed by atoms with E-state index in [1.165, 1.54) is 11.6 Å². The Balaban J connectivity index is 1.38. The molecule has 4 heterocycles. The number of aryl methyl sites for hydroxylation is 1. The molecule has 2 atom stereocenters. The van der Waals surface area contributed by atoms with Gasteiger partial charge < -0.3 is 9.80 Å². The summed E-state index contributed by atoms with van der Waals surface area (Å²) < 4.78 is 0. The van der Waals surface area contributed by atoms with Crippen LogP contribution in [0.3, 0.4) is 0 Å². The minimum Gasteiger partial charge on any atom is -0.355 e. The molecule has 7 rings (SSSR count). The molecule has 1 spiro atoms. The lowest BCUT2D eigenvalue weighted by Crippen LogP contribution is -2.59. The molecular formula is C29H30N6O. The van der Waals surface area contributed by atoms with Crippen LogP contribution in [0.5, 0.6) is 0 Å². The average Bonchev–Trinajstić information content (AvgIpc) is 3.38. The molecule has 2 aromatic heterocycles. The van der Waals surface area contributed by atoms with Crippen LogP contribution in [-0.4, -0.2) is 52.2 Å². The molecular weight excluding hydrogens is 448 g/mol. The monoisotopic (exact) mass is 478 g/mol. The summed E-state index contributed by atoms with van der Waals surface area (Å²) in [4.78, 5) is 21.4. The third-order valence-electron chi connectivity index (χ3n) is 9.54. The van der Waals surface area contributed by atoms with Gasteiger partial charge in [0.15, 0.2) is 0 Å². The number of nitriles is 1. The van der Waals surface area contributed by atoms with Crippen molar-refractivity contribution in [2.24, 2.45) is 16.7 Å². The summed E-state index contributed by atoms with van der Waals surface area (Å²) in [6.45, 7) is 13.6. The largest absolute Gasteiger partial charge is 0.355 e. The van der Waals surface area contributed by atoms with E-state index in [2.05, 4.69) is 60.6 Å². The Morgan fingerprint density at radius 2 is 2.08 bits per heavy atom. The van der Waals surface area contributed by atoms with E-state index in [4.69, 9.17) is 4.98 Å². The van der Waals surface area contributed by atoms with Crippen LogP contribution in [0, 0.1) is 35.0 Å². The molecule has 7 heteroatoms.